The molecular formula is C21H21ClN4O2. The number of nitrogens with zero attached hydrogens (tertiary/aromatic N) is 2. The molecule has 0 saturated carbocycles. The van der Waals surface area contributed by atoms with E-state index < -0.39 is 6.10 Å². The van der Waals surface area contributed by atoms with Crippen molar-refractivity contribution < 1.29 is 9.90 Å². The monoisotopic (exact) mass is 396 g/mol. The molecule has 0 unspecified atom stereocenters. The number of hydrogen-bond acceptors (Lipinski definition) is 5. The minimum Gasteiger partial charge on any atom is -0.392 e. The Morgan fingerprint density at radius 3 is 2.71 bits per heavy atom. The minimum absolute atomic E-state index is 0.263. The van der Waals surface area contributed by atoms with Crippen LogP contribution in [-0.2, 0) is 0 Å². The summed E-state index contributed by atoms with van der Waals surface area (Å²) in [5.74, 6) is 0.347. The van der Waals surface area contributed by atoms with Gasteiger partial charge in [-0.15, -0.1) is 0 Å². The van der Waals surface area contributed by atoms with Gasteiger partial charge in [0.15, 0.2) is 0 Å². The smallest absolute Gasteiger partial charge is 0.257 e. The van der Waals surface area contributed by atoms with Crippen molar-refractivity contribution in [2.45, 2.75) is 20.0 Å². The molecule has 0 aliphatic heterocycles. The SMILES string of the molecule is Cc1nc(NC[C@@H](C)O)ccc1C(=O)Nc1ccc(Cl)c(-c2ccccn2)c1. The van der Waals surface area contributed by atoms with Crippen LogP contribution >= 0.6 is 11.6 Å². The number of aliphatic hydroxyl groups excluding tert-OH is 1. The summed E-state index contributed by atoms with van der Waals surface area (Å²) >= 11 is 6.29. The number of amides is 1. The largest absolute Gasteiger partial charge is 0.392 e. The van der Waals surface area contributed by atoms with Crippen molar-refractivity contribution in [3.8, 4) is 11.3 Å². The number of carbonyl (C=O) groups excluding carboxylic acids is 1. The fourth-order valence-corrected chi connectivity index (χ4v) is 2.89. The van der Waals surface area contributed by atoms with Gasteiger partial charge in [0.25, 0.3) is 5.91 Å². The van der Waals surface area contributed by atoms with Crippen LogP contribution in [0.1, 0.15) is 23.0 Å². The van der Waals surface area contributed by atoms with E-state index in [0.29, 0.717) is 34.3 Å². The van der Waals surface area contributed by atoms with Gasteiger partial charge in [-0.2, -0.15) is 0 Å². The van der Waals surface area contributed by atoms with Crippen molar-refractivity contribution in [3.63, 3.8) is 0 Å². The third-order valence-electron chi connectivity index (χ3n) is 4.07. The highest BCUT2D eigenvalue weighted by Crippen LogP contribution is 2.29. The Morgan fingerprint density at radius 2 is 2.04 bits per heavy atom. The number of pyridine rings is 2. The lowest BCUT2D eigenvalue weighted by molar-refractivity contribution is 0.102. The van der Waals surface area contributed by atoms with Crippen molar-refractivity contribution in [2.24, 2.45) is 0 Å². The minimum atomic E-state index is -0.483. The molecule has 3 N–H and O–H groups in total. The van der Waals surface area contributed by atoms with Gasteiger partial charge in [-0.25, -0.2) is 4.98 Å². The molecule has 0 bridgehead atoms. The number of anilines is 2. The molecule has 1 amide bonds. The van der Waals surface area contributed by atoms with Gasteiger partial charge in [0.1, 0.15) is 5.82 Å². The molecule has 6 nitrogen and oxygen atoms in total. The number of halogens is 1. The Hall–Kier alpha value is -2.96. The topological polar surface area (TPSA) is 87.1 Å². The number of rotatable bonds is 6. The summed E-state index contributed by atoms with van der Waals surface area (Å²) < 4.78 is 0. The van der Waals surface area contributed by atoms with E-state index in [1.807, 2.05) is 18.2 Å². The number of aryl methyl sites for hydroxylation is 1. The van der Waals surface area contributed by atoms with Crippen LogP contribution < -0.4 is 10.6 Å². The molecule has 28 heavy (non-hydrogen) atoms. The molecule has 0 radical (unpaired) electrons. The Morgan fingerprint density at radius 1 is 1.21 bits per heavy atom. The first-order valence-corrected chi connectivity index (χ1v) is 9.23. The van der Waals surface area contributed by atoms with Gasteiger partial charge in [0.05, 0.1) is 28.1 Å². The van der Waals surface area contributed by atoms with Gasteiger partial charge in [-0.1, -0.05) is 17.7 Å². The Balaban J connectivity index is 1.78. The molecule has 0 aliphatic rings. The van der Waals surface area contributed by atoms with Crippen LogP contribution in [-0.4, -0.2) is 33.6 Å². The Kier molecular flexibility index (Phi) is 6.23. The molecule has 144 valence electrons. The molecule has 2 aromatic heterocycles. The fourth-order valence-electron chi connectivity index (χ4n) is 2.67. The third-order valence-corrected chi connectivity index (χ3v) is 4.40. The second kappa shape index (κ2) is 8.82. The number of hydrogen-bond donors (Lipinski definition) is 3. The maximum absolute atomic E-state index is 12.7. The predicted octanol–water partition coefficient (Wildman–Crippen LogP) is 4.15. The first-order valence-electron chi connectivity index (χ1n) is 8.86. The lowest BCUT2D eigenvalue weighted by Gasteiger charge is -2.12. The first kappa shape index (κ1) is 19.8. The summed E-state index contributed by atoms with van der Waals surface area (Å²) in [6, 6.07) is 14.3. The summed E-state index contributed by atoms with van der Waals surface area (Å²) in [4.78, 5) is 21.4. The molecule has 3 rings (SSSR count). The number of nitrogens with one attached hydrogen (secondary N) is 2. The molecule has 0 saturated heterocycles. The summed E-state index contributed by atoms with van der Waals surface area (Å²) in [5, 5.41) is 15.8. The number of benzene rings is 1. The highest BCUT2D eigenvalue weighted by Gasteiger charge is 2.13. The van der Waals surface area contributed by atoms with Crippen LogP contribution in [0.5, 0.6) is 0 Å². The van der Waals surface area contributed by atoms with E-state index in [0.717, 1.165) is 11.3 Å². The molecule has 0 spiro atoms. The standard InChI is InChI=1S/C21H21ClN4O2/c1-13(27)12-24-20-9-7-16(14(2)25-20)21(28)26-15-6-8-18(22)17(11-15)19-5-3-4-10-23-19/h3-11,13,27H,12H2,1-2H3,(H,24,25)(H,26,28)/t13-/m1/s1. The average molecular weight is 397 g/mol. The number of aromatic nitrogens is 2. The summed E-state index contributed by atoms with van der Waals surface area (Å²) in [6.07, 6.45) is 1.21. The molecule has 0 fully saturated rings. The lowest BCUT2D eigenvalue weighted by atomic mass is 10.1. The molecule has 1 aromatic carbocycles. The van der Waals surface area contributed by atoms with E-state index in [9.17, 15) is 9.90 Å². The van der Waals surface area contributed by atoms with E-state index >= 15 is 0 Å². The van der Waals surface area contributed by atoms with Crippen LogP contribution in [0, 0.1) is 6.92 Å². The van der Waals surface area contributed by atoms with Gasteiger partial charge < -0.3 is 15.7 Å². The van der Waals surface area contributed by atoms with Crippen LogP contribution in [0.25, 0.3) is 11.3 Å². The van der Waals surface area contributed by atoms with E-state index in [1.54, 1.807) is 50.4 Å². The third kappa shape index (κ3) is 4.85. The zero-order valence-electron chi connectivity index (χ0n) is 15.6. The van der Waals surface area contributed by atoms with E-state index in [1.165, 1.54) is 0 Å². The molecular weight excluding hydrogens is 376 g/mol. The van der Waals surface area contributed by atoms with Gasteiger partial charge in [0, 0.05) is 24.0 Å². The van der Waals surface area contributed by atoms with Crippen molar-refractivity contribution in [1.82, 2.24) is 9.97 Å². The van der Waals surface area contributed by atoms with E-state index in [2.05, 4.69) is 20.6 Å². The van der Waals surface area contributed by atoms with Gasteiger partial charge >= 0.3 is 0 Å². The van der Waals surface area contributed by atoms with Crippen molar-refractivity contribution in [1.29, 1.82) is 0 Å². The zero-order chi connectivity index (χ0) is 20.1. The van der Waals surface area contributed by atoms with Gasteiger partial charge in [0.2, 0.25) is 0 Å². The summed E-state index contributed by atoms with van der Waals surface area (Å²) in [5.41, 5.74) is 3.15. The zero-order valence-corrected chi connectivity index (χ0v) is 16.4. The first-order chi connectivity index (χ1) is 13.4. The van der Waals surface area contributed by atoms with Gasteiger partial charge in [-0.3, -0.25) is 9.78 Å². The average Bonchev–Trinajstić information content (AvgIpc) is 2.68. The summed E-state index contributed by atoms with van der Waals surface area (Å²) in [7, 11) is 0. The second-order valence-corrected chi connectivity index (χ2v) is 6.83. The Labute approximate surface area is 168 Å². The lowest BCUT2D eigenvalue weighted by Crippen LogP contribution is -2.18. The van der Waals surface area contributed by atoms with Gasteiger partial charge in [-0.05, 0) is 56.3 Å². The van der Waals surface area contributed by atoms with Crippen molar-refractivity contribution in [2.75, 3.05) is 17.2 Å². The molecule has 0 aliphatic carbocycles. The highest BCUT2D eigenvalue weighted by atomic mass is 35.5. The number of carbonyl (C=O) groups is 1. The van der Waals surface area contributed by atoms with E-state index in [-0.39, 0.29) is 5.91 Å². The predicted molar refractivity (Wildman–Crippen MR) is 112 cm³/mol. The maximum atomic E-state index is 12.7. The van der Waals surface area contributed by atoms with Crippen molar-refractivity contribution >= 4 is 29.0 Å². The molecule has 2 heterocycles. The molecule has 7 heteroatoms. The fraction of sp³-hybridized carbons (Fsp3) is 0.190. The van der Waals surface area contributed by atoms with Crippen LogP contribution in [0.3, 0.4) is 0 Å². The Bertz CT molecular complexity index is 977. The van der Waals surface area contributed by atoms with Crippen LogP contribution in [0.15, 0.2) is 54.7 Å². The summed E-state index contributed by atoms with van der Waals surface area (Å²) in [6.45, 7) is 3.84. The number of aliphatic hydroxyl groups is 1. The quantitative estimate of drug-likeness (QED) is 0.582. The van der Waals surface area contributed by atoms with Crippen LogP contribution in [0.2, 0.25) is 5.02 Å². The van der Waals surface area contributed by atoms with Crippen molar-refractivity contribution in [3.05, 3.63) is 71.0 Å². The molecule has 1 atom stereocenters. The van der Waals surface area contributed by atoms with Crippen LogP contribution in [0.4, 0.5) is 11.5 Å². The maximum Gasteiger partial charge on any atom is 0.257 e. The molecule has 3 aromatic rings. The van der Waals surface area contributed by atoms with E-state index in [4.69, 9.17) is 11.6 Å². The normalized spacial score (nSPS) is 11.7. The highest BCUT2D eigenvalue weighted by molar-refractivity contribution is 6.33. The second-order valence-electron chi connectivity index (χ2n) is 6.42.